The first kappa shape index (κ1) is 14.5. The number of rotatable bonds is 4. The SMILES string of the molecule is O=C(N/N=C/c1cccc(Cl)c1)c1cn[nH]c1-c1cccs1. The molecule has 0 aliphatic heterocycles. The van der Waals surface area contributed by atoms with Crippen LogP contribution in [0.4, 0.5) is 0 Å². The molecule has 0 aliphatic carbocycles. The summed E-state index contributed by atoms with van der Waals surface area (Å²) in [7, 11) is 0. The summed E-state index contributed by atoms with van der Waals surface area (Å²) in [6, 6.07) is 11.0. The van der Waals surface area contributed by atoms with Gasteiger partial charge in [-0.1, -0.05) is 29.8 Å². The quantitative estimate of drug-likeness (QED) is 0.567. The van der Waals surface area contributed by atoms with E-state index >= 15 is 0 Å². The van der Waals surface area contributed by atoms with Crippen LogP contribution in [-0.2, 0) is 0 Å². The third kappa shape index (κ3) is 3.24. The highest BCUT2D eigenvalue weighted by Gasteiger charge is 2.15. The van der Waals surface area contributed by atoms with E-state index in [-0.39, 0.29) is 5.91 Å². The Morgan fingerprint density at radius 3 is 3.05 bits per heavy atom. The molecule has 5 nitrogen and oxygen atoms in total. The number of halogens is 1. The Bertz CT molecular complexity index is 811. The number of aromatic amines is 1. The normalized spacial score (nSPS) is 11.0. The molecular formula is C15H11ClN4OS. The van der Waals surface area contributed by atoms with Crippen molar-refractivity contribution in [3.05, 3.63) is 64.1 Å². The molecular weight excluding hydrogens is 320 g/mol. The monoisotopic (exact) mass is 330 g/mol. The number of carbonyl (C=O) groups excluding carboxylic acids is 1. The average molecular weight is 331 g/mol. The van der Waals surface area contributed by atoms with E-state index in [1.807, 2.05) is 29.6 Å². The fraction of sp³-hybridized carbons (Fsp3) is 0. The van der Waals surface area contributed by atoms with Crippen molar-refractivity contribution in [3.8, 4) is 10.6 Å². The van der Waals surface area contributed by atoms with Crippen molar-refractivity contribution in [2.24, 2.45) is 5.10 Å². The molecule has 0 radical (unpaired) electrons. The minimum absolute atomic E-state index is 0.324. The van der Waals surface area contributed by atoms with Gasteiger partial charge < -0.3 is 0 Å². The molecule has 7 heteroatoms. The molecule has 0 atom stereocenters. The summed E-state index contributed by atoms with van der Waals surface area (Å²) in [5.74, 6) is -0.324. The summed E-state index contributed by atoms with van der Waals surface area (Å²) in [5.41, 5.74) is 4.43. The largest absolute Gasteiger partial charge is 0.276 e. The highest BCUT2D eigenvalue weighted by Crippen LogP contribution is 2.25. The van der Waals surface area contributed by atoms with E-state index in [2.05, 4.69) is 20.7 Å². The Hall–Kier alpha value is -2.44. The number of nitrogens with one attached hydrogen (secondary N) is 2. The first-order valence-corrected chi connectivity index (χ1v) is 7.66. The first-order valence-electron chi connectivity index (χ1n) is 6.40. The molecule has 1 aromatic carbocycles. The molecule has 0 aliphatic rings. The number of aromatic nitrogens is 2. The van der Waals surface area contributed by atoms with Crippen LogP contribution >= 0.6 is 22.9 Å². The zero-order valence-electron chi connectivity index (χ0n) is 11.3. The van der Waals surface area contributed by atoms with Crippen LogP contribution in [0, 0.1) is 0 Å². The third-order valence-corrected chi connectivity index (χ3v) is 4.00. The number of hydrogen-bond donors (Lipinski definition) is 2. The molecule has 0 saturated heterocycles. The second kappa shape index (κ2) is 6.55. The number of hydrogen-bond acceptors (Lipinski definition) is 4. The summed E-state index contributed by atoms with van der Waals surface area (Å²) in [4.78, 5) is 13.1. The van der Waals surface area contributed by atoms with Crippen LogP contribution in [0.5, 0.6) is 0 Å². The molecule has 0 spiro atoms. The summed E-state index contributed by atoms with van der Waals surface area (Å²) in [6.07, 6.45) is 3.02. The molecule has 110 valence electrons. The van der Waals surface area contributed by atoms with Gasteiger partial charge in [0, 0.05) is 5.02 Å². The molecule has 2 heterocycles. The number of thiophene rings is 1. The van der Waals surface area contributed by atoms with Crippen LogP contribution in [-0.4, -0.2) is 22.3 Å². The number of benzene rings is 1. The smallest absolute Gasteiger partial charge is 0.275 e. The molecule has 3 aromatic rings. The van der Waals surface area contributed by atoms with Gasteiger partial charge in [-0.15, -0.1) is 11.3 Å². The van der Waals surface area contributed by atoms with Crippen LogP contribution in [0.15, 0.2) is 53.1 Å². The van der Waals surface area contributed by atoms with Crippen LogP contribution in [0.1, 0.15) is 15.9 Å². The van der Waals surface area contributed by atoms with Gasteiger partial charge >= 0.3 is 0 Å². The molecule has 0 saturated carbocycles. The molecule has 1 amide bonds. The number of carbonyl (C=O) groups is 1. The lowest BCUT2D eigenvalue weighted by atomic mass is 10.2. The van der Waals surface area contributed by atoms with Gasteiger partial charge in [-0.2, -0.15) is 10.2 Å². The fourth-order valence-corrected chi connectivity index (χ4v) is 2.81. The van der Waals surface area contributed by atoms with Gasteiger partial charge in [0.15, 0.2) is 0 Å². The van der Waals surface area contributed by atoms with Gasteiger partial charge in [-0.05, 0) is 29.1 Å². The molecule has 2 N–H and O–H groups in total. The predicted molar refractivity (Wildman–Crippen MR) is 88.4 cm³/mol. The molecule has 3 rings (SSSR count). The zero-order valence-corrected chi connectivity index (χ0v) is 12.9. The van der Waals surface area contributed by atoms with E-state index in [1.54, 1.807) is 12.1 Å². The van der Waals surface area contributed by atoms with Gasteiger partial charge in [-0.3, -0.25) is 9.89 Å². The lowest BCUT2D eigenvalue weighted by Gasteiger charge is -2.00. The van der Waals surface area contributed by atoms with E-state index < -0.39 is 0 Å². The molecule has 2 aromatic heterocycles. The van der Waals surface area contributed by atoms with Crippen molar-refractivity contribution in [1.82, 2.24) is 15.6 Å². The third-order valence-electron chi connectivity index (χ3n) is 2.88. The Kier molecular flexibility index (Phi) is 4.32. The van der Waals surface area contributed by atoms with E-state index in [1.165, 1.54) is 23.7 Å². The maximum Gasteiger partial charge on any atom is 0.275 e. The topological polar surface area (TPSA) is 70.1 Å². The van der Waals surface area contributed by atoms with Crippen LogP contribution in [0.25, 0.3) is 10.6 Å². The van der Waals surface area contributed by atoms with E-state index in [9.17, 15) is 4.79 Å². The molecule has 0 unspecified atom stereocenters. The summed E-state index contributed by atoms with van der Waals surface area (Å²) in [5, 5.41) is 13.3. The van der Waals surface area contributed by atoms with Crippen LogP contribution in [0.2, 0.25) is 5.02 Å². The zero-order chi connectivity index (χ0) is 15.4. The lowest BCUT2D eigenvalue weighted by molar-refractivity contribution is 0.0956. The highest BCUT2D eigenvalue weighted by molar-refractivity contribution is 7.13. The minimum atomic E-state index is -0.324. The molecule has 0 fully saturated rings. The fourth-order valence-electron chi connectivity index (χ4n) is 1.88. The maximum absolute atomic E-state index is 12.2. The van der Waals surface area contributed by atoms with Crippen molar-refractivity contribution in [1.29, 1.82) is 0 Å². The van der Waals surface area contributed by atoms with Gasteiger partial charge in [0.05, 0.1) is 28.5 Å². The average Bonchev–Trinajstić information content (AvgIpc) is 3.18. The summed E-state index contributed by atoms with van der Waals surface area (Å²) < 4.78 is 0. The molecule has 22 heavy (non-hydrogen) atoms. The second-order valence-electron chi connectivity index (χ2n) is 4.39. The van der Waals surface area contributed by atoms with Crippen molar-refractivity contribution >= 4 is 35.1 Å². The van der Waals surface area contributed by atoms with Gasteiger partial charge in [0.2, 0.25) is 0 Å². The number of H-pyrrole nitrogens is 1. The number of hydrazone groups is 1. The van der Waals surface area contributed by atoms with Gasteiger partial charge in [0.25, 0.3) is 5.91 Å². The van der Waals surface area contributed by atoms with Crippen molar-refractivity contribution in [2.75, 3.05) is 0 Å². The molecule has 0 bridgehead atoms. The van der Waals surface area contributed by atoms with Crippen molar-refractivity contribution in [2.45, 2.75) is 0 Å². The lowest BCUT2D eigenvalue weighted by Crippen LogP contribution is -2.17. The Balaban J connectivity index is 1.72. The maximum atomic E-state index is 12.2. The van der Waals surface area contributed by atoms with Crippen LogP contribution in [0.3, 0.4) is 0 Å². The van der Waals surface area contributed by atoms with Gasteiger partial charge in [-0.25, -0.2) is 5.43 Å². The summed E-state index contributed by atoms with van der Waals surface area (Å²) >= 11 is 7.42. The minimum Gasteiger partial charge on any atom is -0.276 e. The summed E-state index contributed by atoms with van der Waals surface area (Å²) in [6.45, 7) is 0. The van der Waals surface area contributed by atoms with E-state index in [0.717, 1.165) is 10.4 Å². The second-order valence-corrected chi connectivity index (χ2v) is 5.77. The highest BCUT2D eigenvalue weighted by atomic mass is 35.5. The first-order chi connectivity index (χ1) is 10.7. The Labute approximate surface area is 135 Å². The Morgan fingerprint density at radius 1 is 1.36 bits per heavy atom. The number of amides is 1. The predicted octanol–water partition coefficient (Wildman–Crippen LogP) is 3.56. The van der Waals surface area contributed by atoms with E-state index in [4.69, 9.17) is 11.6 Å². The Morgan fingerprint density at radius 2 is 2.27 bits per heavy atom. The number of nitrogens with zero attached hydrogens (tertiary/aromatic N) is 2. The van der Waals surface area contributed by atoms with Crippen molar-refractivity contribution < 1.29 is 4.79 Å². The van der Waals surface area contributed by atoms with Crippen molar-refractivity contribution in [3.63, 3.8) is 0 Å². The van der Waals surface area contributed by atoms with Gasteiger partial charge in [0.1, 0.15) is 0 Å². The standard InChI is InChI=1S/C15H11ClN4OS/c16-11-4-1-3-10(7-11)8-17-20-15(21)12-9-18-19-14(12)13-5-2-6-22-13/h1-9H,(H,18,19)(H,20,21)/b17-8+. The van der Waals surface area contributed by atoms with Crippen LogP contribution < -0.4 is 5.43 Å². The van der Waals surface area contributed by atoms with E-state index in [0.29, 0.717) is 16.3 Å².